The first-order chi connectivity index (χ1) is 15.6. The maximum Gasteiger partial charge on any atom is 0.348 e. The van der Waals surface area contributed by atoms with Crippen molar-refractivity contribution in [3.05, 3.63) is 63.9 Å². The number of carbonyl (C=O) groups excluding carboxylic acids is 2. The second kappa shape index (κ2) is 12.6. The Morgan fingerprint density at radius 3 is 2.66 bits per heavy atom. The molecule has 5 heteroatoms. The minimum Gasteiger partial charge on any atom is -0.462 e. The van der Waals surface area contributed by atoms with Gasteiger partial charge < -0.3 is 9.64 Å². The third-order valence-corrected chi connectivity index (χ3v) is 6.85. The molecule has 0 saturated carbocycles. The molecule has 32 heavy (non-hydrogen) atoms. The molecule has 2 heterocycles. The Morgan fingerprint density at radius 2 is 1.91 bits per heavy atom. The van der Waals surface area contributed by atoms with Gasteiger partial charge in [0.05, 0.1) is 12.6 Å². The molecule has 0 radical (unpaired) electrons. The highest BCUT2D eigenvalue weighted by atomic mass is 32.1. The maximum absolute atomic E-state index is 12.6. The molecule has 0 N–H and O–H groups in total. The second-order valence-corrected chi connectivity index (χ2v) is 9.55. The van der Waals surface area contributed by atoms with Gasteiger partial charge in [0.2, 0.25) is 5.91 Å². The van der Waals surface area contributed by atoms with Gasteiger partial charge in [0.1, 0.15) is 4.88 Å². The summed E-state index contributed by atoms with van der Waals surface area (Å²) < 4.78 is 5.20. The first-order valence-electron chi connectivity index (χ1n) is 12.0. The van der Waals surface area contributed by atoms with Crippen molar-refractivity contribution in [1.29, 1.82) is 0 Å². The molecule has 172 valence electrons. The number of carbonyl (C=O) groups is 2. The Balaban J connectivity index is 1.56. The van der Waals surface area contributed by atoms with Gasteiger partial charge in [0, 0.05) is 17.0 Å². The number of hydrogen-bond donors (Lipinski definition) is 0. The number of thiophene rings is 1. The minimum atomic E-state index is -0.242. The lowest BCUT2D eigenvalue weighted by atomic mass is 10.1. The first-order valence-corrected chi connectivity index (χ1v) is 12.8. The highest BCUT2D eigenvalue weighted by molar-refractivity contribution is 7.13. The molecule has 0 aliphatic carbocycles. The zero-order valence-electron chi connectivity index (χ0n) is 19.3. The van der Waals surface area contributed by atoms with Crippen molar-refractivity contribution in [3.63, 3.8) is 0 Å². The Labute approximate surface area is 196 Å². The van der Waals surface area contributed by atoms with Crippen molar-refractivity contribution in [2.75, 3.05) is 11.5 Å². The fraction of sp³-hybridized carbons (Fsp3) is 0.481. The molecule has 0 bridgehead atoms. The van der Waals surface area contributed by atoms with Gasteiger partial charge in [-0.25, -0.2) is 4.79 Å². The quantitative estimate of drug-likeness (QED) is 0.203. The summed E-state index contributed by atoms with van der Waals surface area (Å²) in [6, 6.07) is 12.4. The number of amides is 1. The van der Waals surface area contributed by atoms with Crippen LogP contribution in [0.4, 0.5) is 5.69 Å². The van der Waals surface area contributed by atoms with Crippen molar-refractivity contribution in [3.8, 4) is 0 Å². The number of hydrogen-bond acceptors (Lipinski definition) is 4. The summed E-state index contributed by atoms with van der Waals surface area (Å²) in [5.41, 5.74) is 2.33. The second-order valence-electron chi connectivity index (χ2n) is 8.38. The van der Waals surface area contributed by atoms with Gasteiger partial charge in [-0.15, -0.1) is 11.3 Å². The van der Waals surface area contributed by atoms with E-state index in [1.165, 1.54) is 42.6 Å². The minimum absolute atomic E-state index is 0.0897. The number of rotatable bonds is 12. The fourth-order valence-corrected chi connectivity index (χ4v) is 4.88. The van der Waals surface area contributed by atoms with E-state index in [1.807, 2.05) is 24.0 Å². The predicted molar refractivity (Wildman–Crippen MR) is 133 cm³/mol. The molecule has 4 nitrogen and oxygen atoms in total. The van der Waals surface area contributed by atoms with Gasteiger partial charge >= 0.3 is 5.97 Å². The molecule has 1 fully saturated rings. The van der Waals surface area contributed by atoms with E-state index in [0.717, 1.165) is 36.2 Å². The summed E-state index contributed by atoms with van der Waals surface area (Å²) in [4.78, 5) is 28.2. The Kier molecular flexibility index (Phi) is 9.54. The van der Waals surface area contributed by atoms with E-state index in [9.17, 15) is 9.59 Å². The number of benzene rings is 1. The largest absolute Gasteiger partial charge is 0.462 e. The Bertz CT molecular complexity index is 900. The average molecular weight is 454 g/mol. The molecule has 1 saturated heterocycles. The number of allylic oxidation sites excluding steroid dienone is 1. The summed E-state index contributed by atoms with van der Waals surface area (Å²) in [6.07, 6.45) is 13.4. The SMILES string of the molecule is CCCCCCc1ccc(N2C(=O)CCC2C=CCc2ccc(C(=O)OCCC)s2)cc1. The van der Waals surface area contributed by atoms with Crippen molar-refractivity contribution in [2.45, 2.75) is 77.7 Å². The summed E-state index contributed by atoms with van der Waals surface area (Å²) in [7, 11) is 0. The van der Waals surface area contributed by atoms with E-state index < -0.39 is 0 Å². The van der Waals surface area contributed by atoms with Gasteiger partial charge in [-0.05, 0) is 61.9 Å². The standard InChI is InChI=1S/C27H35NO3S/c1-3-5-6-7-9-21-12-14-23(15-13-21)28-22(16-19-26(28)29)10-8-11-24-17-18-25(32-24)27(30)31-20-4-2/h8,10,12-15,17-18,22H,3-7,9,11,16,19-20H2,1-2H3. The van der Waals surface area contributed by atoms with E-state index in [4.69, 9.17) is 4.74 Å². The van der Waals surface area contributed by atoms with Crippen molar-refractivity contribution < 1.29 is 14.3 Å². The Morgan fingerprint density at radius 1 is 1.09 bits per heavy atom. The number of nitrogens with zero attached hydrogens (tertiary/aromatic N) is 1. The highest BCUT2D eigenvalue weighted by Crippen LogP contribution is 2.28. The monoisotopic (exact) mass is 453 g/mol. The van der Waals surface area contributed by atoms with E-state index >= 15 is 0 Å². The van der Waals surface area contributed by atoms with Crippen LogP contribution in [0.5, 0.6) is 0 Å². The highest BCUT2D eigenvalue weighted by Gasteiger charge is 2.30. The summed E-state index contributed by atoms with van der Waals surface area (Å²) in [5.74, 6) is -0.0547. The van der Waals surface area contributed by atoms with Crippen LogP contribution in [0.15, 0.2) is 48.6 Å². The topological polar surface area (TPSA) is 46.6 Å². The molecule has 2 aromatic rings. The van der Waals surface area contributed by atoms with Crippen LogP contribution in [-0.4, -0.2) is 24.5 Å². The van der Waals surface area contributed by atoms with Crippen LogP contribution in [0.3, 0.4) is 0 Å². The third-order valence-electron chi connectivity index (χ3n) is 5.77. The molecule has 1 aliphatic rings. The van der Waals surface area contributed by atoms with Crippen LogP contribution in [0, 0.1) is 0 Å². The maximum atomic E-state index is 12.6. The van der Waals surface area contributed by atoms with Crippen molar-refractivity contribution >= 4 is 28.9 Å². The summed E-state index contributed by atoms with van der Waals surface area (Å²) in [5, 5.41) is 0. The van der Waals surface area contributed by atoms with Crippen LogP contribution < -0.4 is 4.90 Å². The van der Waals surface area contributed by atoms with Gasteiger partial charge in [-0.1, -0.05) is 57.4 Å². The molecule has 3 rings (SSSR count). The van der Waals surface area contributed by atoms with Gasteiger partial charge in [-0.3, -0.25) is 4.79 Å². The van der Waals surface area contributed by atoms with E-state index in [-0.39, 0.29) is 17.9 Å². The molecule has 1 aromatic heterocycles. The molecule has 0 spiro atoms. The van der Waals surface area contributed by atoms with E-state index in [1.54, 1.807) is 0 Å². The van der Waals surface area contributed by atoms with Crippen LogP contribution in [0.2, 0.25) is 0 Å². The average Bonchev–Trinajstić information content (AvgIpc) is 3.42. The fourth-order valence-electron chi connectivity index (χ4n) is 4.01. The van der Waals surface area contributed by atoms with Gasteiger partial charge in [-0.2, -0.15) is 0 Å². The zero-order valence-corrected chi connectivity index (χ0v) is 20.2. The predicted octanol–water partition coefficient (Wildman–Crippen LogP) is 6.73. The Hall–Kier alpha value is -2.40. The number of anilines is 1. The van der Waals surface area contributed by atoms with Crippen LogP contribution in [-0.2, 0) is 22.4 Å². The van der Waals surface area contributed by atoms with E-state index in [0.29, 0.717) is 17.9 Å². The molecule has 1 aromatic carbocycles. The van der Waals surface area contributed by atoms with Crippen LogP contribution in [0.1, 0.15) is 78.9 Å². The molecule has 1 amide bonds. The zero-order chi connectivity index (χ0) is 22.8. The summed E-state index contributed by atoms with van der Waals surface area (Å²) >= 11 is 1.48. The summed E-state index contributed by atoms with van der Waals surface area (Å²) in [6.45, 7) is 4.67. The van der Waals surface area contributed by atoms with E-state index in [2.05, 4.69) is 43.3 Å². The van der Waals surface area contributed by atoms with Crippen LogP contribution >= 0.6 is 11.3 Å². The lowest BCUT2D eigenvalue weighted by Crippen LogP contribution is -2.31. The van der Waals surface area contributed by atoms with Gasteiger partial charge in [0.15, 0.2) is 0 Å². The number of ether oxygens (including phenoxy) is 1. The number of unbranched alkanes of at least 4 members (excludes halogenated alkanes) is 3. The molecular formula is C27H35NO3S. The normalized spacial score (nSPS) is 16.2. The molecule has 1 aliphatic heterocycles. The third kappa shape index (κ3) is 6.80. The number of esters is 1. The molecule has 1 atom stereocenters. The molecular weight excluding hydrogens is 418 g/mol. The van der Waals surface area contributed by atoms with Gasteiger partial charge in [0.25, 0.3) is 0 Å². The van der Waals surface area contributed by atoms with Crippen LogP contribution in [0.25, 0.3) is 0 Å². The number of aryl methyl sites for hydroxylation is 1. The first kappa shape index (κ1) is 24.2. The smallest absolute Gasteiger partial charge is 0.348 e. The lowest BCUT2D eigenvalue weighted by molar-refractivity contribution is -0.117. The van der Waals surface area contributed by atoms with Crippen molar-refractivity contribution in [1.82, 2.24) is 0 Å². The molecule has 1 unspecified atom stereocenters. The lowest BCUT2D eigenvalue weighted by Gasteiger charge is -2.23. The van der Waals surface area contributed by atoms with Crippen molar-refractivity contribution in [2.24, 2.45) is 0 Å².